The summed E-state index contributed by atoms with van der Waals surface area (Å²) in [7, 11) is 0. The maximum atomic E-state index is 6.07. The molecule has 0 amide bonds. The summed E-state index contributed by atoms with van der Waals surface area (Å²) in [6, 6.07) is 16.5. The quantitative estimate of drug-likeness (QED) is 0.784. The lowest BCUT2D eigenvalue weighted by atomic mass is 10.1. The van der Waals surface area contributed by atoms with Gasteiger partial charge in [0.15, 0.2) is 0 Å². The summed E-state index contributed by atoms with van der Waals surface area (Å²) in [5.41, 5.74) is 14.0. The highest BCUT2D eigenvalue weighted by Crippen LogP contribution is 2.36. The zero-order valence-corrected chi connectivity index (χ0v) is 9.72. The number of fused-ring (bicyclic) bond motifs is 1. The number of hydrogen-bond acceptors (Lipinski definition) is 3. The molecular weight excluding hydrogens is 210 g/mol. The summed E-state index contributed by atoms with van der Waals surface area (Å²) < 4.78 is 0. The lowest BCUT2D eigenvalue weighted by molar-refractivity contribution is 0.608. The van der Waals surface area contributed by atoms with Crippen molar-refractivity contribution in [2.45, 2.75) is 13.1 Å². The number of hydrazine groups is 1. The third kappa shape index (κ3) is 1.60. The van der Waals surface area contributed by atoms with Crippen LogP contribution < -0.4 is 16.2 Å². The molecule has 3 rings (SSSR count). The predicted molar refractivity (Wildman–Crippen MR) is 69.8 cm³/mol. The highest BCUT2D eigenvalue weighted by atomic mass is 15.6. The number of anilines is 2. The molecule has 17 heavy (non-hydrogen) atoms. The van der Waals surface area contributed by atoms with Crippen molar-refractivity contribution in [1.29, 1.82) is 0 Å². The molecule has 0 bridgehead atoms. The van der Waals surface area contributed by atoms with Gasteiger partial charge in [-0.1, -0.05) is 36.4 Å². The second kappa shape index (κ2) is 3.87. The molecule has 3 heteroatoms. The molecule has 0 radical (unpaired) electrons. The molecule has 3 nitrogen and oxygen atoms in total. The van der Waals surface area contributed by atoms with Gasteiger partial charge < -0.3 is 5.73 Å². The molecule has 3 N–H and O–H groups in total. The zero-order valence-electron chi connectivity index (χ0n) is 9.72. The van der Waals surface area contributed by atoms with Gasteiger partial charge in [0.2, 0.25) is 0 Å². The Hall–Kier alpha value is -1.84. The standard InChI is InChI=1S/C14H15N3/c1-10-6-2-4-8-12(10)17-13-9-5-3-7-11(13)14(15)16-17/h2-9,14,16H,15H2,1H3. The first-order valence-electron chi connectivity index (χ1n) is 5.74. The lowest BCUT2D eigenvalue weighted by Crippen LogP contribution is -2.34. The van der Waals surface area contributed by atoms with Crippen LogP contribution in [-0.2, 0) is 0 Å². The van der Waals surface area contributed by atoms with E-state index < -0.39 is 0 Å². The van der Waals surface area contributed by atoms with E-state index in [0.717, 1.165) is 16.9 Å². The van der Waals surface area contributed by atoms with Crippen LogP contribution in [0.25, 0.3) is 0 Å². The van der Waals surface area contributed by atoms with Crippen LogP contribution in [0.15, 0.2) is 48.5 Å². The minimum absolute atomic E-state index is 0.134. The van der Waals surface area contributed by atoms with E-state index in [0.29, 0.717) is 0 Å². The van der Waals surface area contributed by atoms with Gasteiger partial charge >= 0.3 is 0 Å². The van der Waals surface area contributed by atoms with Crippen LogP contribution in [0, 0.1) is 6.92 Å². The zero-order chi connectivity index (χ0) is 11.8. The molecule has 0 saturated carbocycles. The van der Waals surface area contributed by atoms with Crippen LogP contribution in [0.1, 0.15) is 17.3 Å². The number of nitrogens with one attached hydrogen (secondary N) is 1. The summed E-state index contributed by atoms with van der Waals surface area (Å²) >= 11 is 0. The van der Waals surface area contributed by atoms with E-state index in [1.165, 1.54) is 5.56 Å². The first-order chi connectivity index (χ1) is 8.27. The van der Waals surface area contributed by atoms with Crippen LogP contribution in [0.4, 0.5) is 11.4 Å². The minimum atomic E-state index is -0.134. The number of hydrogen-bond donors (Lipinski definition) is 2. The highest BCUT2D eigenvalue weighted by molar-refractivity contribution is 5.70. The topological polar surface area (TPSA) is 41.3 Å². The fraction of sp³-hybridized carbons (Fsp3) is 0.143. The van der Waals surface area contributed by atoms with Crippen LogP contribution in [-0.4, -0.2) is 0 Å². The van der Waals surface area contributed by atoms with Gasteiger partial charge in [-0.15, -0.1) is 0 Å². The smallest absolute Gasteiger partial charge is 0.101 e. The van der Waals surface area contributed by atoms with E-state index in [4.69, 9.17) is 5.73 Å². The second-order valence-corrected chi connectivity index (χ2v) is 4.29. The van der Waals surface area contributed by atoms with Crippen molar-refractivity contribution < 1.29 is 0 Å². The second-order valence-electron chi connectivity index (χ2n) is 4.29. The van der Waals surface area contributed by atoms with Crippen molar-refractivity contribution in [2.24, 2.45) is 5.73 Å². The Morgan fingerprint density at radius 2 is 1.65 bits per heavy atom. The summed E-state index contributed by atoms with van der Waals surface area (Å²) in [5, 5.41) is 2.06. The number of nitrogens with two attached hydrogens (primary N) is 1. The Morgan fingerprint density at radius 1 is 1.00 bits per heavy atom. The lowest BCUT2D eigenvalue weighted by Gasteiger charge is -2.21. The third-order valence-corrected chi connectivity index (χ3v) is 3.14. The maximum absolute atomic E-state index is 6.07. The molecule has 2 aromatic carbocycles. The number of rotatable bonds is 1. The predicted octanol–water partition coefficient (Wildman–Crippen LogP) is 2.61. The van der Waals surface area contributed by atoms with Crippen LogP contribution in [0.2, 0.25) is 0 Å². The summed E-state index contributed by atoms with van der Waals surface area (Å²) in [4.78, 5) is 0. The Morgan fingerprint density at radius 3 is 2.41 bits per heavy atom. The van der Waals surface area contributed by atoms with Gasteiger partial charge in [0, 0.05) is 5.56 Å². The van der Waals surface area contributed by atoms with Crippen LogP contribution in [0.5, 0.6) is 0 Å². The third-order valence-electron chi connectivity index (χ3n) is 3.14. The van der Waals surface area contributed by atoms with E-state index in [2.05, 4.69) is 41.6 Å². The van der Waals surface area contributed by atoms with Crippen molar-refractivity contribution in [3.63, 3.8) is 0 Å². The van der Waals surface area contributed by atoms with Gasteiger partial charge in [-0.3, -0.25) is 5.01 Å². The average Bonchev–Trinajstić information content (AvgIpc) is 2.68. The van der Waals surface area contributed by atoms with Crippen molar-refractivity contribution in [1.82, 2.24) is 5.43 Å². The van der Waals surface area contributed by atoms with Gasteiger partial charge in [-0.25, -0.2) is 5.43 Å². The van der Waals surface area contributed by atoms with Gasteiger partial charge in [0.25, 0.3) is 0 Å². The molecule has 1 unspecified atom stereocenters. The Kier molecular flexibility index (Phi) is 2.35. The van der Waals surface area contributed by atoms with E-state index in [-0.39, 0.29) is 6.17 Å². The molecule has 1 heterocycles. The molecule has 0 saturated heterocycles. The monoisotopic (exact) mass is 225 g/mol. The van der Waals surface area contributed by atoms with Crippen LogP contribution in [0.3, 0.4) is 0 Å². The summed E-state index contributed by atoms with van der Waals surface area (Å²) in [6.45, 7) is 2.10. The summed E-state index contributed by atoms with van der Waals surface area (Å²) in [5.74, 6) is 0. The molecule has 0 aromatic heterocycles. The van der Waals surface area contributed by atoms with Crippen molar-refractivity contribution in [2.75, 3.05) is 5.01 Å². The van der Waals surface area contributed by atoms with E-state index in [9.17, 15) is 0 Å². The van der Waals surface area contributed by atoms with Crippen molar-refractivity contribution >= 4 is 11.4 Å². The number of benzene rings is 2. The SMILES string of the molecule is Cc1ccccc1N1NC(N)c2ccccc21. The van der Waals surface area contributed by atoms with Crippen LogP contribution >= 0.6 is 0 Å². The molecule has 2 aromatic rings. The first kappa shape index (κ1) is 10.3. The number of aryl methyl sites for hydroxylation is 1. The highest BCUT2D eigenvalue weighted by Gasteiger charge is 2.26. The van der Waals surface area contributed by atoms with E-state index in [1.807, 2.05) is 24.3 Å². The molecule has 86 valence electrons. The van der Waals surface area contributed by atoms with E-state index in [1.54, 1.807) is 0 Å². The average molecular weight is 225 g/mol. The van der Waals surface area contributed by atoms with Crippen molar-refractivity contribution in [3.05, 3.63) is 59.7 Å². The van der Waals surface area contributed by atoms with Gasteiger partial charge in [-0.05, 0) is 24.6 Å². The minimum Gasteiger partial charge on any atom is -0.311 e. The Balaban J connectivity index is 2.11. The maximum Gasteiger partial charge on any atom is 0.101 e. The molecule has 0 aliphatic carbocycles. The molecule has 1 aliphatic heterocycles. The number of nitrogens with zero attached hydrogens (tertiary/aromatic N) is 1. The first-order valence-corrected chi connectivity index (χ1v) is 5.74. The van der Waals surface area contributed by atoms with Gasteiger partial charge in [0.1, 0.15) is 6.17 Å². The fourth-order valence-electron chi connectivity index (χ4n) is 2.25. The normalized spacial score (nSPS) is 18.2. The summed E-state index contributed by atoms with van der Waals surface area (Å²) in [6.07, 6.45) is -0.134. The molecular formula is C14H15N3. The molecule has 1 aliphatic rings. The van der Waals surface area contributed by atoms with Gasteiger partial charge in [-0.2, -0.15) is 0 Å². The van der Waals surface area contributed by atoms with E-state index >= 15 is 0 Å². The number of para-hydroxylation sites is 2. The fourth-order valence-corrected chi connectivity index (χ4v) is 2.25. The largest absolute Gasteiger partial charge is 0.311 e. The van der Waals surface area contributed by atoms with Gasteiger partial charge in [0.05, 0.1) is 11.4 Å². The molecule has 0 fully saturated rings. The Bertz CT molecular complexity index is 551. The van der Waals surface area contributed by atoms with Crippen molar-refractivity contribution in [3.8, 4) is 0 Å². The Labute approximate surface area is 101 Å². The molecule has 1 atom stereocenters. The molecule has 0 spiro atoms.